The van der Waals surface area contributed by atoms with Crippen LogP contribution in [-0.2, 0) is 4.79 Å². The van der Waals surface area contributed by atoms with Crippen LogP contribution in [0.2, 0.25) is 0 Å². The van der Waals surface area contributed by atoms with E-state index in [4.69, 9.17) is 4.74 Å². The molecule has 1 saturated carbocycles. The van der Waals surface area contributed by atoms with Crippen LogP contribution < -0.4 is 15.4 Å². The number of rotatable bonds is 5. The van der Waals surface area contributed by atoms with Gasteiger partial charge in [0, 0.05) is 17.8 Å². The highest BCUT2D eigenvalue weighted by Gasteiger charge is 2.21. The summed E-state index contributed by atoms with van der Waals surface area (Å²) in [4.78, 5) is 11.9. The standard InChI is InChI=1S/C16H24N2O2/c1-12-6-3-4-9-15(12)17-11-16(19)18-13-7-5-8-14(10-13)20-2/h5,7-8,10,12,15,17H,3-4,6,9,11H2,1-2H3,(H,18,19)/t12-,15+/m1/s1. The maximum absolute atomic E-state index is 11.9. The zero-order valence-electron chi connectivity index (χ0n) is 12.3. The first kappa shape index (κ1) is 14.9. The minimum absolute atomic E-state index is 0.00368. The molecule has 2 N–H and O–H groups in total. The molecule has 0 spiro atoms. The molecule has 1 aromatic rings. The SMILES string of the molecule is COc1cccc(NC(=O)CN[C@H]2CCCC[C@H]2C)c1. The van der Waals surface area contributed by atoms with Crippen molar-refractivity contribution in [1.82, 2.24) is 5.32 Å². The molecule has 0 aromatic heterocycles. The number of methoxy groups -OCH3 is 1. The largest absolute Gasteiger partial charge is 0.497 e. The Kier molecular flexibility index (Phi) is 5.41. The lowest BCUT2D eigenvalue weighted by molar-refractivity contribution is -0.115. The molecule has 2 atom stereocenters. The minimum atomic E-state index is -0.00368. The third-order valence-electron chi connectivity index (χ3n) is 3.99. The molecule has 4 nitrogen and oxygen atoms in total. The van der Waals surface area contributed by atoms with Gasteiger partial charge in [-0.25, -0.2) is 0 Å². The normalized spacial score (nSPS) is 22.3. The van der Waals surface area contributed by atoms with Crippen LogP contribution in [0.25, 0.3) is 0 Å². The second-order valence-electron chi connectivity index (χ2n) is 5.53. The zero-order chi connectivity index (χ0) is 14.4. The average Bonchev–Trinajstić information content (AvgIpc) is 2.46. The van der Waals surface area contributed by atoms with Gasteiger partial charge in [0.2, 0.25) is 5.91 Å². The molecule has 0 aliphatic heterocycles. The van der Waals surface area contributed by atoms with Gasteiger partial charge in [-0.3, -0.25) is 4.79 Å². The van der Waals surface area contributed by atoms with Gasteiger partial charge in [0.25, 0.3) is 0 Å². The van der Waals surface area contributed by atoms with Crippen LogP contribution in [0.3, 0.4) is 0 Å². The second-order valence-corrected chi connectivity index (χ2v) is 5.53. The molecule has 2 rings (SSSR count). The van der Waals surface area contributed by atoms with E-state index in [1.807, 2.05) is 24.3 Å². The molecule has 0 saturated heterocycles. The van der Waals surface area contributed by atoms with Crippen molar-refractivity contribution in [3.63, 3.8) is 0 Å². The van der Waals surface area contributed by atoms with E-state index in [9.17, 15) is 4.79 Å². The number of carbonyl (C=O) groups excluding carboxylic acids is 1. The molecule has 1 aliphatic rings. The van der Waals surface area contributed by atoms with Crippen molar-refractivity contribution in [2.75, 3.05) is 19.0 Å². The second kappa shape index (κ2) is 7.29. The summed E-state index contributed by atoms with van der Waals surface area (Å²) in [5, 5.41) is 6.27. The predicted octanol–water partition coefficient (Wildman–Crippen LogP) is 2.80. The van der Waals surface area contributed by atoms with Crippen molar-refractivity contribution >= 4 is 11.6 Å². The van der Waals surface area contributed by atoms with Crippen molar-refractivity contribution in [1.29, 1.82) is 0 Å². The van der Waals surface area contributed by atoms with E-state index in [1.54, 1.807) is 7.11 Å². The Hall–Kier alpha value is -1.55. The molecule has 1 amide bonds. The predicted molar refractivity (Wildman–Crippen MR) is 81.0 cm³/mol. The Bertz CT molecular complexity index is 448. The lowest BCUT2D eigenvalue weighted by atomic mass is 9.86. The maximum atomic E-state index is 11.9. The average molecular weight is 276 g/mol. The number of anilines is 1. The third kappa shape index (κ3) is 4.23. The number of benzene rings is 1. The van der Waals surface area contributed by atoms with Gasteiger partial charge in [-0.1, -0.05) is 25.8 Å². The van der Waals surface area contributed by atoms with E-state index >= 15 is 0 Å². The fraction of sp³-hybridized carbons (Fsp3) is 0.562. The first-order valence-corrected chi connectivity index (χ1v) is 7.36. The summed E-state index contributed by atoms with van der Waals surface area (Å²) in [5.41, 5.74) is 0.771. The Morgan fingerprint density at radius 3 is 2.90 bits per heavy atom. The highest BCUT2D eigenvalue weighted by Crippen LogP contribution is 2.23. The fourth-order valence-electron chi connectivity index (χ4n) is 2.75. The Morgan fingerprint density at radius 1 is 1.35 bits per heavy atom. The van der Waals surface area contributed by atoms with Crippen LogP contribution in [0.4, 0.5) is 5.69 Å². The summed E-state index contributed by atoms with van der Waals surface area (Å²) in [6, 6.07) is 7.88. The van der Waals surface area contributed by atoms with Crippen molar-refractivity contribution in [3.05, 3.63) is 24.3 Å². The number of carbonyl (C=O) groups is 1. The van der Waals surface area contributed by atoms with Crippen LogP contribution in [0.15, 0.2) is 24.3 Å². The van der Waals surface area contributed by atoms with E-state index in [1.165, 1.54) is 25.7 Å². The van der Waals surface area contributed by atoms with E-state index in [0.29, 0.717) is 18.5 Å². The molecular weight excluding hydrogens is 252 g/mol. The van der Waals surface area contributed by atoms with E-state index in [0.717, 1.165) is 11.4 Å². The van der Waals surface area contributed by atoms with Gasteiger partial charge in [-0.05, 0) is 30.9 Å². The first-order valence-electron chi connectivity index (χ1n) is 7.36. The van der Waals surface area contributed by atoms with Crippen molar-refractivity contribution in [2.24, 2.45) is 5.92 Å². The number of ether oxygens (including phenoxy) is 1. The first-order chi connectivity index (χ1) is 9.69. The lowest BCUT2D eigenvalue weighted by Gasteiger charge is -2.29. The van der Waals surface area contributed by atoms with Crippen molar-refractivity contribution in [2.45, 2.75) is 38.6 Å². The number of amides is 1. The van der Waals surface area contributed by atoms with E-state index in [2.05, 4.69) is 17.6 Å². The molecule has 1 fully saturated rings. The van der Waals surface area contributed by atoms with E-state index in [-0.39, 0.29) is 5.91 Å². The van der Waals surface area contributed by atoms with Crippen LogP contribution in [-0.4, -0.2) is 25.6 Å². The summed E-state index contributed by atoms with van der Waals surface area (Å²) < 4.78 is 5.14. The number of hydrogen-bond donors (Lipinski definition) is 2. The molecule has 0 heterocycles. The Morgan fingerprint density at radius 2 is 2.15 bits per heavy atom. The highest BCUT2D eigenvalue weighted by molar-refractivity contribution is 5.92. The third-order valence-corrected chi connectivity index (χ3v) is 3.99. The van der Waals surface area contributed by atoms with Gasteiger partial charge >= 0.3 is 0 Å². The van der Waals surface area contributed by atoms with Gasteiger partial charge < -0.3 is 15.4 Å². The summed E-state index contributed by atoms with van der Waals surface area (Å²) in [6.07, 6.45) is 5.01. The quantitative estimate of drug-likeness (QED) is 0.869. The number of nitrogens with one attached hydrogen (secondary N) is 2. The van der Waals surface area contributed by atoms with Crippen molar-refractivity contribution < 1.29 is 9.53 Å². The summed E-state index contributed by atoms with van der Waals surface area (Å²) in [6.45, 7) is 2.63. The minimum Gasteiger partial charge on any atom is -0.497 e. The molecule has 4 heteroatoms. The number of hydrogen-bond acceptors (Lipinski definition) is 3. The smallest absolute Gasteiger partial charge is 0.238 e. The van der Waals surface area contributed by atoms with E-state index < -0.39 is 0 Å². The van der Waals surface area contributed by atoms with Gasteiger partial charge in [0.15, 0.2) is 0 Å². The monoisotopic (exact) mass is 276 g/mol. The van der Waals surface area contributed by atoms with Crippen molar-refractivity contribution in [3.8, 4) is 5.75 Å². The van der Waals surface area contributed by atoms with Crippen LogP contribution in [0, 0.1) is 5.92 Å². The molecule has 20 heavy (non-hydrogen) atoms. The van der Waals surface area contributed by atoms with Gasteiger partial charge in [-0.2, -0.15) is 0 Å². The van der Waals surface area contributed by atoms with Gasteiger partial charge in [-0.15, -0.1) is 0 Å². The summed E-state index contributed by atoms with van der Waals surface area (Å²) in [7, 11) is 1.62. The van der Waals surface area contributed by atoms with Gasteiger partial charge in [0.05, 0.1) is 13.7 Å². The molecular formula is C16H24N2O2. The van der Waals surface area contributed by atoms with Crippen LogP contribution >= 0.6 is 0 Å². The summed E-state index contributed by atoms with van der Waals surface area (Å²) in [5.74, 6) is 1.40. The molecule has 0 bridgehead atoms. The molecule has 1 aliphatic carbocycles. The fourth-order valence-corrected chi connectivity index (χ4v) is 2.75. The highest BCUT2D eigenvalue weighted by atomic mass is 16.5. The Labute approximate surface area is 120 Å². The van der Waals surface area contributed by atoms with Crippen LogP contribution in [0.1, 0.15) is 32.6 Å². The zero-order valence-corrected chi connectivity index (χ0v) is 12.3. The molecule has 0 radical (unpaired) electrons. The maximum Gasteiger partial charge on any atom is 0.238 e. The molecule has 1 aromatic carbocycles. The topological polar surface area (TPSA) is 50.4 Å². The summed E-state index contributed by atoms with van der Waals surface area (Å²) >= 11 is 0. The molecule has 0 unspecified atom stereocenters. The van der Waals surface area contributed by atoms with Gasteiger partial charge in [0.1, 0.15) is 5.75 Å². The molecule has 110 valence electrons. The Balaban J connectivity index is 1.79. The lowest BCUT2D eigenvalue weighted by Crippen LogP contribution is -2.41. The van der Waals surface area contributed by atoms with Crippen LogP contribution in [0.5, 0.6) is 5.75 Å².